The summed E-state index contributed by atoms with van der Waals surface area (Å²) >= 11 is 7.59. The van der Waals surface area contributed by atoms with Crippen LogP contribution < -0.4 is 5.32 Å². The number of thiophene rings is 1. The third-order valence-electron chi connectivity index (χ3n) is 3.10. The van der Waals surface area contributed by atoms with Crippen LogP contribution in [0.2, 0.25) is 4.34 Å². The fourth-order valence-electron chi connectivity index (χ4n) is 2.11. The Morgan fingerprint density at radius 2 is 2.19 bits per heavy atom. The Morgan fingerprint density at radius 1 is 1.44 bits per heavy atom. The van der Waals surface area contributed by atoms with Gasteiger partial charge in [-0.1, -0.05) is 11.6 Å². The van der Waals surface area contributed by atoms with Gasteiger partial charge in [-0.25, -0.2) is 0 Å². The van der Waals surface area contributed by atoms with Crippen molar-refractivity contribution >= 4 is 22.9 Å². The predicted molar refractivity (Wildman–Crippen MR) is 71.4 cm³/mol. The molecule has 0 bridgehead atoms. The Kier molecular flexibility index (Phi) is 4.65. The van der Waals surface area contributed by atoms with Crippen molar-refractivity contribution in [2.24, 2.45) is 0 Å². The van der Waals surface area contributed by atoms with Crippen molar-refractivity contribution < 1.29 is 0 Å². The number of likely N-dealkylation sites (tertiary alicyclic amines) is 1. The maximum Gasteiger partial charge on any atom is 0.0931 e. The van der Waals surface area contributed by atoms with Crippen LogP contribution in [0.25, 0.3) is 0 Å². The van der Waals surface area contributed by atoms with Crippen LogP contribution in [0, 0.1) is 0 Å². The van der Waals surface area contributed by atoms with Crippen molar-refractivity contribution in [1.82, 2.24) is 10.2 Å². The van der Waals surface area contributed by atoms with Gasteiger partial charge in [0.1, 0.15) is 0 Å². The van der Waals surface area contributed by atoms with Crippen LogP contribution in [0.15, 0.2) is 12.1 Å². The molecule has 16 heavy (non-hydrogen) atoms. The van der Waals surface area contributed by atoms with Gasteiger partial charge in [0, 0.05) is 24.0 Å². The molecule has 1 fully saturated rings. The standard InChI is InChI=1S/C12H19ClN2S/c1-10(11-4-5-12(13)16-11)14-6-9-15-7-2-3-8-15/h4-5,10,14H,2-3,6-9H2,1H3. The minimum absolute atomic E-state index is 0.417. The Morgan fingerprint density at radius 3 is 2.81 bits per heavy atom. The zero-order chi connectivity index (χ0) is 11.4. The first kappa shape index (κ1) is 12.4. The van der Waals surface area contributed by atoms with Crippen LogP contribution >= 0.6 is 22.9 Å². The van der Waals surface area contributed by atoms with E-state index >= 15 is 0 Å². The van der Waals surface area contributed by atoms with Gasteiger partial charge in [-0.05, 0) is 45.0 Å². The quantitative estimate of drug-likeness (QED) is 0.873. The summed E-state index contributed by atoms with van der Waals surface area (Å²) in [4.78, 5) is 3.85. The molecule has 2 rings (SSSR count). The number of nitrogens with one attached hydrogen (secondary N) is 1. The molecule has 0 aliphatic carbocycles. The van der Waals surface area contributed by atoms with Gasteiger partial charge in [0.2, 0.25) is 0 Å². The van der Waals surface area contributed by atoms with E-state index in [0.29, 0.717) is 6.04 Å². The maximum absolute atomic E-state index is 5.92. The average Bonchev–Trinajstić information content (AvgIpc) is 2.89. The number of hydrogen-bond donors (Lipinski definition) is 1. The molecule has 90 valence electrons. The molecule has 2 heterocycles. The summed E-state index contributed by atoms with van der Waals surface area (Å²) in [5, 5.41) is 3.55. The lowest BCUT2D eigenvalue weighted by atomic mass is 10.3. The smallest absolute Gasteiger partial charge is 0.0931 e. The first-order valence-corrected chi connectivity index (χ1v) is 7.16. The molecule has 1 aromatic heterocycles. The van der Waals surface area contributed by atoms with Crippen LogP contribution in [0.5, 0.6) is 0 Å². The van der Waals surface area contributed by atoms with Gasteiger partial charge >= 0.3 is 0 Å². The zero-order valence-corrected chi connectivity index (χ0v) is 11.3. The highest BCUT2D eigenvalue weighted by Crippen LogP contribution is 2.26. The zero-order valence-electron chi connectivity index (χ0n) is 9.71. The fraction of sp³-hybridized carbons (Fsp3) is 0.667. The van der Waals surface area contributed by atoms with Crippen molar-refractivity contribution in [3.8, 4) is 0 Å². The second kappa shape index (κ2) is 6.01. The van der Waals surface area contributed by atoms with Crippen molar-refractivity contribution in [1.29, 1.82) is 0 Å². The van der Waals surface area contributed by atoms with Crippen LogP contribution in [-0.2, 0) is 0 Å². The first-order chi connectivity index (χ1) is 7.75. The van der Waals surface area contributed by atoms with Gasteiger partial charge in [0.25, 0.3) is 0 Å². The normalized spacial score (nSPS) is 19.1. The molecule has 0 radical (unpaired) electrons. The molecule has 1 atom stereocenters. The van der Waals surface area contributed by atoms with Crippen molar-refractivity contribution in [2.45, 2.75) is 25.8 Å². The molecule has 1 N–H and O–H groups in total. The lowest BCUT2D eigenvalue weighted by molar-refractivity contribution is 0.330. The molecule has 2 nitrogen and oxygen atoms in total. The minimum atomic E-state index is 0.417. The molecule has 0 aromatic carbocycles. The fourth-order valence-corrected chi connectivity index (χ4v) is 3.19. The predicted octanol–water partition coefficient (Wildman–Crippen LogP) is 3.15. The van der Waals surface area contributed by atoms with E-state index in [4.69, 9.17) is 11.6 Å². The van der Waals surface area contributed by atoms with Gasteiger partial charge in [-0.15, -0.1) is 11.3 Å². The number of rotatable bonds is 5. The Labute approximate surface area is 107 Å². The number of halogens is 1. The molecule has 1 unspecified atom stereocenters. The summed E-state index contributed by atoms with van der Waals surface area (Å²) in [7, 11) is 0. The number of nitrogens with zero attached hydrogens (tertiary/aromatic N) is 1. The van der Waals surface area contributed by atoms with E-state index in [0.717, 1.165) is 10.9 Å². The molecule has 4 heteroatoms. The lowest BCUT2D eigenvalue weighted by Crippen LogP contribution is -2.31. The summed E-state index contributed by atoms with van der Waals surface area (Å²) in [5.74, 6) is 0. The highest BCUT2D eigenvalue weighted by Gasteiger charge is 2.12. The summed E-state index contributed by atoms with van der Waals surface area (Å²) in [6.07, 6.45) is 2.74. The summed E-state index contributed by atoms with van der Waals surface area (Å²) in [6.45, 7) is 6.99. The van der Waals surface area contributed by atoms with Gasteiger partial charge < -0.3 is 10.2 Å². The molecule has 1 aliphatic heterocycles. The van der Waals surface area contributed by atoms with E-state index < -0.39 is 0 Å². The third kappa shape index (κ3) is 3.45. The monoisotopic (exact) mass is 258 g/mol. The summed E-state index contributed by atoms with van der Waals surface area (Å²) < 4.78 is 0.878. The van der Waals surface area contributed by atoms with Gasteiger partial charge in [0.05, 0.1) is 4.34 Å². The van der Waals surface area contributed by atoms with Crippen molar-refractivity contribution in [3.05, 3.63) is 21.3 Å². The summed E-state index contributed by atoms with van der Waals surface area (Å²) in [6, 6.07) is 4.50. The molecule has 0 saturated carbocycles. The number of hydrogen-bond acceptors (Lipinski definition) is 3. The minimum Gasteiger partial charge on any atom is -0.308 e. The molecule has 0 amide bonds. The second-order valence-electron chi connectivity index (χ2n) is 4.37. The Bertz CT molecular complexity index is 321. The van der Waals surface area contributed by atoms with E-state index in [-0.39, 0.29) is 0 Å². The van der Waals surface area contributed by atoms with Crippen LogP contribution in [0.3, 0.4) is 0 Å². The van der Waals surface area contributed by atoms with Crippen molar-refractivity contribution in [2.75, 3.05) is 26.2 Å². The molecule has 1 aromatic rings. The van der Waals surface area contributed by atoms with Crippen LogP contribution in [0.4, 0.5) is 0 Å². The van der Waals surface area contributed by atoms with Crippen molar-refractivity contribution in [3.63, 3.8) is 0 Å². The topological polar surface area (TPSA) is 15.3 Å². The lowest BCUT2D eigenvalue weighted by Gasteiger charge is -2.17. The molecule has 1 saturated heterocycles. The summed E-state index contributed by atoms with van der Waals surface area (Å²) in [5.41, 5.74) is 0. The Hall–Kier alpha value is -0.0900. The van der Waals surface area contributed by atoms with Gasteiger partial charge in [0.15, 0.2) is 0 Å². The molecule has 0 spiro atoms. The maximum atomic E-state index is 5.92. The largest absolute Gasteiger partial charge is 0.308 e. The van der Waals surface area contributed by atoms with Crippen LogP contribution in [-0.4, -0.2) is 31.1 Å². The van der Waals surface area contributed by atoms with E-state index in [9.17, 15) is 0 Å². The van der Waals surface area contributed by atoms with Crippen LogP contribution in [0.1, 0.15) is 30.7 Å². The first-order valence-electron chi connectivity index (χ1n) is 5.96. The molecule has 1 aliphatic rings. The van der Waals surface area contributed by atoms with E-state index in [1.807, 2.05) is 6.07 Å². The van der Waals surface area contributed by atoms with Gasteiger partial charge in [-0.2, -0.15) is 0 Å². The highest BCUT2D eigenvalue weighted by atomic mass is 35.5. The highest BCUT2D eigenvalue weighted by molar-refractivity contribution is 7.16. The third-order valence-corrected chi connectivity index (χ3v) is 4.51. The SMILES string of the molecule is CC(NCCN1CCCC1)c1ccc(Cl)s1. The molecular weight excluding hydrogens is 240 g/mol. The van der Waals surface area contributed by atoms with E-state index in [1.54, 1.807) is 11.3 Å². The second-order valence-corrected chi connectivity index (χ2v) is 6.11. The van der Waals surface area contributed by atoms with Gasteiger partial charge in [-0.3, -0.25) is 0 Å². The van der Waals surface area contributed by atoms with E-state index in [2.05, 4.69) is 23.2 Å². The van der Waals surface area contributed by atoms with E-state index in [1.165, 1.54) is 37.4 Å². The Balaban J connectivity index is 1.69. The average molecular weight is 259 g/mol. The molecular formula is C12H19ClN2S.